The number of nitrogens with zero attached hydrogens (tertiary/aromatic N) is 1. The van der Waals surface area contributed by atoms with Crippen LogP contribution in [-0.2, 0) is 0 Å². The van der Waals surface area contributed by atoms with Gasteiger partial charge < -0.3 is 10.2 Å². The normalized spacial score (nSPS) is 35.1. The predicted octanol–water partition coefficient (Wildman–Crippen LogP) is 3.03. The molecule has 3 atom stereocenters. The van der Waals surface area contributed by atoms with Crippen molar-refractivity contribution in [1.29, 1.82) is 0 Å². The summed E-state index contributed by atoms with van der Waals surface area (Å²) in [6, 6.07) is 2.56. The summed E-state index contributed by atoms with van der Waals surface area (Å²) in [5.74, 6) is 0.936. The molecule has 2 aliphatic heterocycles. The lowest BCUT2D eigenvalue weighted by Crippen LogP contribution is -2.46. The van der Waals surface area contributed by atoms with Crippen molar-refractivity contribution in [3.05, 3.63) is 0 Å². The Morgan fingerprint density at radius 3 is 2.35 bits per heavy atom. The van der Waals surface area contributed by atoms with Gasteiger partial charge in [0.05, 0.1) is 0 Å². The fourth-order valence-corrected chi connectivity index (χ4v) is 4.01. The zero-order valence-electron chi connectivity index (χ0n) is 11.9. The van der Waals surface area contributed by atoms with Crippen LogP contribution in [0.2, 0.25) is 0 Å². The molecule has 0 aromatic carbocycles. The van der Waals surface area contributed by atoms with Gasteiger partial charge in [-0.05, 0) is 52.1 Å². The third-order valence-corrected chi connectivity index (χ3v) is 5.19. The number of unbranched alkanes of at least 4 members (excludes halogenated alkanes) is 2. The molecule has 17 heavy (non-hydrogen) atoms. The smallest absolute Gasteiger partial charge is 0.00989 e. The first kappa shape index (κ1) is 13.4. The zero-order chi connectivity index (χ0) is 12.3. The molecule has 2 aliphatic rings. The molecule has 0 radical (unpaired) electrons. The average Bonchev–Trinajstić information content (AvgIpc) is 2.56. The van der Waals surface area contributed by atoms with Gasteiger partial charge >= 0.3 is 0 Å². The van der Waals surface area contributed by atoms with E-state index in [1.807, 2.05) is 0 Å². The van der Waals surface area contributed by atoms with E-state index in [9.17, 15) is 0 Å². The van der Waals surface area contributed by atoms with Crippen LogP contribution in [0.25, 0.3) is 0 Å². The molecule has 0 aliphatic carbocycles. The highest BCUT2D eigenvalue weighted by atomic mass is 15.2. The molecule has 2 heterocycles. The second-order valence-electron chi connectivity index (χ2n) is 6.17. The maximum absolute atomic E-state index is 3.60. The maximum atomic E-state index is 3.60. The van der Waals surface area contributed by atoms with Crippen molar-refractivity contribution in [1.82, 2.24) is 10.2 Å². The first-order chi connectivity index (χ1) is 8.26. The van der Waals surface area contributed by atoms with E-state index in [1.54, 1.807) is 0 Å². The fourth-order valence-electron chi connectivity index (χ4n) is 4.01. The number of nitrogens with one attached hydrogen (secondary N) is 1. The molecular formula is C15H30N2. The standard InChI is InChI=1S/C15H30N2/c1-4-5-6-7-15(16-2)12-10-13-8-9-14(11-12)17(13)3/h12-16H,4-11H2,1-3H3. The van der Waals surface area contributed by atoms with Gasteiger partial charge in [-0.15, -0.1) is 0 Å². The maximum Gasteiger partial charge on any atom is 0.00989 e. The highest BCUT2D eigenvalue weighted by molar-refractivity contribution is 4.96. The number of fused-ring (bicyclic) bond motifs is 2. The van der Waals surface area contributed by atoms with Crippen LogP contribution in [0.4, 0.5) is 0 Å². The van der Waals surface area contributed by atoms with E-state index in [4.69, 9.17) is 0 Å². The van der Waals surface area contributed by atoms with Crippen molar-refractivity contribution >= 4 is 0 Å². The highest BCUT2D eigenvalue weighted by Gasteiger charge is 2.40. The van der Waals surface area contributed by atoms with Gasteiger partial charge in [-0.3, -0.25) is 0 Å². The summed E-state index contributed by atoms with van der Waals surface area (Å²) in [6.07, 6.45) is 11.3. The Morgan fingerprint density at radius 2 is 1.82 bits per heavy atom. The van der Waals surface area contributed by atoms with E-state index >= 15 is 0 Å². The summed E-state index contributed by atoms with van der Waals surface area (Å²) in [6.45, 7) is 2.30. The molecule has 2 fully saturated rings. The molecule has 0 amide bonds. The van der Waals surface area contributed by atoms with Gasteiger partial charge in [0, 0.05) is 18.1 Å². The van der Waals surface area contributed by atoms with Gasteiger partial charge in [-0.2, -0.15) is 0 Å². The molecular weight excluding hydrogens is 208 g/mol. The lowest BCUT2D eigenvalue weighted by Gasteiger charge is -2.40. The second kappa shape index (κ2) is 6.19. The minimum Gasteiger partial charge on any atom is -0.317 e. The third-order valence-electron chi connectivity index (χ3n) is 5.19. The first-order valence-corrected chi connectivity index (χ1v) is 7.65. The SMILES string of the molecule is CCCCCC(NC)C1CC2CCC(C1)N2C. The van der Waals surface area contributed by atoms with Crippen molar-refractivity contribution in [2.45, 2.75) is 76.4 Å². The zero-order valence-corrected chi connectivity index (χ0v) is 11.9. The van der Waals surface area contributed by atoms with Crippen LogP contribution >= 0.6 is 0 Å². The van der Waals surface area contributed by atoms with Crippen LogP contribution in [0.5, 0.6) is 0 Å². The molecule has 3 unspecified atom stereocenters. The van der Waals surface area contributed by atoms with E-state index in [1.165, 1.54) is 51.4 Å². The summed E-state index contributed by atoms with van der Waals surface area (Å²) in [7, 11) is 4.50. The number of rotatable bonds is 6. The molecule has 2 rings (SSSR count). The summed E-state index contributed by atoms with van der Waals surface area (Å²) >= 11 is 0. The fraction of sp³-hybridized carbons (Fsp3) is 1.00. The van der Waals surface area contributed by atoms with E-state index in [2.05, 4.69) is 31.2 Å². The van der Waals surface area contributed by atoms with Crippen LogP contribution < -0.4 is 5.32 Å². The molecule has 2 nitrogen and oxygen atoms in total. The minimum absolute atomic E-state index is 0.776. The number of piperidine rings is 1. The van der Waals surface area contributed by atoms with Crippen LogP contribution in [0, 0.1) is 5.92 Å². The molecule has 0 aromatic heterocycles. The van der Waals surface area contributed by atoms with Crippen LogP contribution in [0.1, 0.15) is 58.3 Å². The Bertz CT molecular complexity index is 215. The molecule has 2 bridgehead atoms. The topological polar surface area (TPSA) is 15.3 Å². The summed E-state index contributed by atoms with van der Waals surface area (Å²) < 4.78 is 0. The Hall–Kier alpha value is -0.0800. The van der Waals surface area contributed by atoms with Crippen molar-refractivity contribution in [3.63, 3.8) is 0 Å². The van der Waals surface area contributed by atoms with Gasteiger partial charge in [0.25, 0.3) is 0 Å². The van der Waals surface area contributed by atoms with Gasteiger partial charge in [0.1, 0.15) is 0 Å². The van der Waals surface area contributed by atoms with Crippen molar-refractivity contribution in [2.75, 3.05) is 14.1 Å². The quantitative estimate of drug-likeness (QED) is 0.716. The predicted molar refractivity (Wildman–Crippen MR) is 74.3 cm³/mol. The minimum atomic E-state index is 0.776. The van der Waals surface area contributed by atoms with Crippen LogP contribution in [0.15, 0.2) is 0 Å². The highest BCUT2D eigenvalue weighted by Crippen LogP contribution is 2.39. The Kier molecular flexibility index (Phi) is 4.87. The number of hydrogen-bond acceptors (Lipinski definition) is 2. The molecule has 0 saturated carbocycles. The summed E-state index contributed by atoms with van der Waals surface area (Å²) in [4.78, 5) is 2.65. The summed E-state index contributed by atoms with van der Waals surface area (Å²) in [5, 5.41) is 3.60. The van der Waals surface area contributed by atoms with E-state index in [-0.39, 0.29) is 0 Å². The van der Waals surface area contributed by atoms with E-state index in [0.29, 0.717) is 0 Å². The van der Waals surface area contributed by atoms with Gasteiger partial charge in [-0.1, -0.05) is 26.2 Å². The molecule has 2 heteroatoms. The lowest BCUT2D eigenvalue weighted by molar-refractivity contribution is 0.111. The molecule has 0 aromatic rings. The lowest BCUT2D eigenvalue weighted by atomic mass is 9.83. The second-order valence-corrected chi connectivity index (χ2v) is 6.17. The molecule has 0 spiro atoms. The van der Waals surface area contributed by atoms with Crippen LogP contribution in [0.3, 0.4) is 0 Å². The van der Waals surface area contributed by atoms with Crippen LogP contribution in [-0.4, -0.2) is 37.1 Å². The third kappa shape index (κ3) is 3.03. The molecule has 1 N–H and O–H groups in total. The first-order valence-electron chi connectivity index (χ1n) is 7.65. The van der Waals surface area contributed by atoms with Gasteiger partial charge in [0.2, 0.25) is 0 Å². The largest absolute Gasteiger partial charge is 0.317 e. The van der Waals surface area contributed by atoms with Crippen molar-refractivity contribution in [2.24, 2.45) is 5.92 Å². The molecule has 100 valence electrons. The Balaban J connectivity index is 1.84. The van der Waals surface area contributed by atoms with E-state index < -0.39 is 0 Å². The van der Waals surface area contributed by atoms with E-state index in [0.717, 1.165) is 24.0 Å². The van der Waals surface area contributed by atoms with Gasteiger partial charge in [-0.25, -0.2) is 0 Å². The monoisotopic (exact) mass is 238 g/mol. The Morgan fingerprint density at radius 1 is 1.18 bits per heavy atom. The molecule has 2 saturated heterocycles. The van der Waals surface area contributed by atoms with Crippen molar-refractivity contribution in [3.8, 4) is 0 Å². The van der Waals surface area contributed by atoms with Gasteiger partial charge in [0.15, 0.2) is 0 Å². The summed E-state index contributed by atoms with van der Waals surface area (Å²) in [5.41, 5.74) is 0. The average molecular weight is 238 g/mol. The Labute approximate surface area is 107 Å². The number of hydrogen-bond donors (Lipinski definition) is 1. The van der Waals surface area contributed by atoms with Crippen molar-refractivity contribution < 1.29 is 0 Å².